The summed E-state index contributed by atoms with van der Waals surface area (Å²) >= 11 is 0. The van der Waals surface area contributed by atoms with Crippen molar-refractivity contribution in [2.24, 2.45) is 13.0 Å². The van der Waals surface area contributed by atoms with Gasteiger partial charge in [-0.1, -0.05) is 0 Å². The number of aromatic nitrogens is 4. The van der Waals surface area contributed by atoms with Crippen molar-refractivity contribution in [2.45, 2.75) is 79.1 Å². The number of aromatic amines is 1. The van der Waals surface area contributed by atoms with E-state index in [2.05, 4.69) is 20.0 Å². The number of allylic oxidation sites excluding steroid dienone is 2. The van der Waals surface area contributed by atoms with Crippen LogP contribution in [0.1, 0.15) is 119 Å². The molecule has 2 aromatic heterocycles. The van der Waals surface area contributed by atoms with Crippen molar-refractivity contribution in [3.8, 4) is 0 Å². The molecule has 0 saturated carbocycles. The Balaban J connectivity index is 0.000000196. The molecule has 1 unspecified atom stereocenters. The van der Waals surface area contributed by atoms with Crippen LogP contribution in [0.3, 0.4) is 0 Å². The minimum Gasteiger partial charge on any atom is -0.490 e. The maximum atomic E-state index is 11.8. The molecule has 5 rings (SSSR count). The normalized spacial score (nSPS) is 16.5. The first-order valence-electron chi connectivity index (χ1n) is 16.1. The summed E-state index contributed by atoms with van der Waals surface area (Å²) in [5, 5.41) is 10.5. The number of rotatable bonds is 9. The van der Waals surface area contributed by atoms with E-state index in [1.54, 1.807) is 40.8 Å². The lowest BCUT2D eigenvalue weighted by molar-refractivity contribution is -0.157. The van der Waals surface area contributed by atoms with Crippen LogP contribution in [0, 0.1) is 5.92 Å². The van der Waals surface area contributed by atoms with Gasteiger partial charge in [0.1, 0.15) is 17.1 Å². The second kappa shape index (κ2) is 17.8. The summed E-state index contributed by atoms with van der Waals surface area (Å²) in [7, 11) is 1.69. The molecule has 3 aliphatic carbocycles. The van der Waals surface area contributed by atoms with E-state index in [9.17, 15) is 33.6 Å². The molecular formula is C33H42N4O11. The minimum absolute atomic E-state index is 0.00282. The third-order valence-corrected chi connectivity index (χ3v) is 7.59. The molecule has 48 heavy (non-hydrogen) atoms. The van der Waals surface area contributed by atoms with Gasteiger partial charge in [-0.2, -0.15) is 10.2 Å². The van der Waals surface area contributed by atoms with Crippen molar-refractivity contribution < 1.29 is 52.5 Å². The van der Waals surface area contributed by atoms with E-state index in [1.165, 1.54) is 4.68 Å². The number of ketones is 4. The van der Waals surface area contributed by atoms with Gasteiger partial charge in [0.2, 0.25) is 5.78 Å². The molecule has 0 amide bonds. The molecule has 0 saturated heterocycles. The van der Waals surface area contributed by atoms with Gasteiger partial charge in [-0.25, -0.2) is 14.4 Å². The highest BCUT2D eigenvalue weighted by molar-refractivity contribution is 6.39. The SMILES string of the molecule is CCOC(=O)C(=O)C1CCC=C(OCC)C1=O.CCOC(=O)c1[nH]nc2c1CCCC2=O.CCOC(=O)c1nn(C)c2c1CCCC2=O. The Morgan fingerprint density at radius 2 is 1.46 bits per heavy atom. The lowest BCUT2D eigenvalue weighted by Gasteiger charge is -2.19. The Morgan fingerprint density at radius 3 is 2.10 bits per heavy atom. The molecule has 0 aliphatic heterocycles. The predicted molar refractivity (Wildman–Crippen MR) is 167 cm³/mol. The predicted octanol–water partition coefficient (Wildman–Crippen LogP) is 3.24. The number of Topliss-reactive ketones (excluding diaryl/α,β-unsaturated/α-hetero) is 4. The second-order valence-corrected chi connectivity index (χ2v) is 10.8. The first-order valence-corrected chi connectivity index (χ1v) is 16.1. The summed E-state index contributed by atoms with van der Waals surface area (Å²) in [6, 6.07) is 0. The van der Waals surface area contributed by atoms with Crippen LogP contribution < -0.4 is 0 Å². The van der Waals surface area contributed by atoms with Crippen molar-refractivity contribution in [3.05, 3.63) is 45.7 Å². The standard InChI is InChI=1S/C12H16O5.C11H14N2O3.C10H12N2O3/c1-3-16-9-7-5-6-8(10(9)13)11(14)12(15)17-4-2;1-3-16-11(15)9-7-5-4-6-8(14)10(7)13(2)12-9;1-2-15-10(14)9-6-4-3-5-7(13)8(6)11-12-9/h7-8H,3-6H2,1-2H3;3-6H2,1-2H3;2-5H2,1H3,(H,11,12). The lowest BCUT2D eigenvalue weighted by atomic mass is 9.88. The molecule has 0 aromatic carbocycles. The van der Waals surface area contributed by atoms with Crippen LogP contribution in [0.25, 0.3) is 0 Å². The van der Waals surface area contributed by atoms with Crippen molar-refractivity contribution >= 4 is 41.0 Å². The molecule has 2 heterocycles. The number of ether oxygens (including phenoxy) is 4. The lowest BCUT2D eigenvalue weighted by Crippen LogP contribution is -2.34. The maximum absolute atomic E-state index is 11.8. The number of nitrogens with zero attached hydrogens (tertiary/aromatic N) is 3. The average molecular weight is 671 g/mol. The van der Waals surface area contributed by atoms with Crippen LogP contribution in [0.4, 0.5) is 0 Å². The van der Waals surface area contributed by atoms with Gasteiger partial charge in [-0.05, 0) is 72.3 Å². The van der Waals surface area contributed by atoms with Crippen LogP contribution >= 0.6 is 0 Å². The summed E-state index contributed by atoms with van der Waals surface area (Å²) in [5.41, 5.74) is 3.06. The van der Waals surface area contributed by atoms with Gasteiger partial charge in [0, 0.05) is 31.0 Å². The van der Waals surface area contributed by atoms with Gasteiger partial charge in [-0.3, -0.25) is 29.0 Å². The van der Waals surface area contributed by atoms with Crippen LogP contribution in [0.15, 0.2) is 11.8 Å². The molecule has 0 bridgehead atoms. The Kier molecular flexibility index (Phi) is 13.9. The number of aryl methyl sites for hydroxylation is 1. The van der Waals surface area contributed by atoms with E-state index in [0.29, 0.717) is 80.3 Å². The van der Waals surface area contributed by atoms with Crippen molar-refractivity contribution in [1.82, 2.24) is 20.0 Å². The quantitative estimate of drug-likeness (QED) is 0.176. The average Bonchev–Trinajstić information content (AvgIpc) is 3.66. The highest BCUT2D eigenvalue weighted by atomic mass is 16.5. The molecule has 1 N–H and O–H groups in total. The van der Waals surface area contributed by atoms with Gasteiger partial charge in [-0.15, -0.1) is 0 Å². The first kappa shape index (κ1) is 37.5. The molecule has 3 aliphatic rings. The van der Waals surface area contributed by atoms with E-state index in [4.69, 9.17) is 14.2 Å². The van der Waals surface area contributed by atoms with Gasteiger partial charge in [0.25, 0.3) is 5.78 Å². The van der Waals surface area contributed by atoms with E-state index in [-0.39, 0.29) is 23.9 Å². The molecule has 15 nitrogen and oxygen atoms in total. The molecule has 260 valence electrons. The van der Waals surface area contributed by atoms with E-state index in [0.717, 1.165) is 24.8 Å². The molecule has 15 heteroatoms. The fraction of sp³-hybridized carbons (Fsp3) is 0.545. The van der Waals surface area contributed by atoms with Crippen LogP contribution in [0.5, 0.6) is 0 Å². The van der Waals surface area contributed by atoms with Crippen molar-refractivity contribution in [3.63, 3.8) is 0 Å². The van der Waals surface area contributed by atoms with Gasteiger partial charge >= 0.3 is 17.9 Å². The number of H-pyrrole nitrogens is 1. The number of esters is 3. The zero-order valence-corrected chi connectivity index (χ0v) is 28.0. The number of hydrogen-bond donors (Lipinski definition) is 1. The van der Waals surface area contributed by atoms with E-state index < -0.39 is 35.4 Å². The largest absolute Gasteiger partial charge is 0.490 e. The smallest absolute Gasteiger partial charge is 0.375 e. The fourth-order valence-corrected chi connectivity index (χ4v) is 5.48. The maximum Gasteiger partial charge on any atom is 0.375 e. The van der Waals surface area contributed by atoms with Crippen LogP contribution in [-0.4, -0.2) is 87.4 Å². The van der Waals surface area contributed by atoms with Crippen molar-refractivity contribution in [1.29, 1.82) is 0 Å². The molecule has 0 fully saturated rings. The number of hydrogen-bond acceptors (Lipinski definition) is 13. The number of carbonyl (C=O) groups is 7. The van der Waals surface area contributed by atoms with E-state index >= 15 is 0 Å². The summed E-state index contributed by atoms with van der Waals surface area (Å²) in [4.78, 5) is 81.0. The Morgan fingerprint density at radius 1 is 0.833 bits per heavy atom. The molecule has 0 radical (unpaired) electrons. The summed E-state index contributed by atoms with van der Waals surface area (Å²) in [6.45, 7) is 7.98. The minimum atomic E-state index is -0.944. The topological polar surface area (TPSA) is 203 Å². The van der Waals surface area contributed by atoms with Gasteiger partial charge in [0.05, 0.1) is 32.3 Å². The zero-order chi connectivity index (χ0) is 35.4. The third kappa shape index (κ3) is 8.89. The number of nitrogens with one attached hydrogen (secondary N) is 1. The summed E-state index contributed by atoms with van der Waals surface area (Å²) in [5.74, 6) is -3.70. The summed E-state index contributed by atoms with van der Waals surface area (Å²) < 4.78 is 21.0. The molecular weight excluding hydrogens is 628 g/mol. The molecule has 0 spiro atoms. The summed E-state index contributed by atoms with van der Waals surface area (Å²) in [6.07, 6.45) is 6.59. The highest BCUT2D eigenvalue weighted by Gasteiger charge is 2.36. The third-order valence-electron chi connectivity index (χ3n) is 7.59. The number of fused-ring (bicyclic) bond motifs is 2. The first-order chi connectivity index (χ1) is 23.0. The molecule has 2 aromatic rings. The highest BCUT2D eigenvalue weighted by Crippen LogP contribution is 2.25. The molecule has 1 atom stereocenters. The second-order valence-electron chi connectivity index (χ2n) is 10.8. The Hall–Kier alpha value is -4.95. The monoisotopic (exact) mass is 670 g/mol. The van der Waals surface area contributed by atoms with Crippen LogP contribution in [-0.2, 0) is 53.2 Å². The van der Waals surface area contributed by atoms with Crippen molar-refractivity contribution in [2.75, 3.05) is 26.4 Å². The zero-order valence-electron chi connectivity index (χ0n) is 28.0. The Labute approximate surface area is 277 Å². The fourth-order valence-electron chi connectivity index (χ4n) is 5.48. The number of carbonyl (C=O) groups excluding carboxylic acids is 7. The van der Waals surface area contributed by atoms with Crippen LogP contribution in [0.2, 0.25) is 0 Å². The van der Waals surface area contributed by atoms with E-state index in [1.807, 2.05) is 0 Å². The Bertz CT molecular complexity index is 1580. The van der Waals surface area contributed by atoms with Gasteiger partial charge in [0.15, 0.2) is 23.0 Å². The van der Waals surface area contributed by atoms with Gasteiger partial charge < -0.3 is 18.9 Å².